The van der Waals surface area contributed by atoms with Gasteiger partial charge < -0.3 is 0 Å². The van der Waals surface area contributed by atoms with E-state index in [0.717, 1.165) is 12.1 Å². The first-order valence-electron chi connectivity index (χ1n) is 10.8. The number of nitrogens with one attached hydrogen (secondary N) is 1. The second-order valence-electron chi connectivity index (χ2n) is 8.19. The summed E-state index contributed by atoms with van der Waals surface area (Å²) in [5.41, 5.74) is 7.29. The van der Waals surface area contributed by atoms with Crippen molar-refractivity contribution in [3.63, 3.8) is 0 Å². The molecule has 3 unspecified atom stereocenters. The van der Waals surface area contributed by atoms with Crippen LogP contribution in [0.25, 0.3) is 0 Å². The molecule has 0 radical (unpaired) electrons. The van der Waals surface area contributed by atoms with Crippen LogP contribution in [0.3, 0.4) is 0 Å². The third-order valence-electron chi connectivity index (χ3n) is 5.71. The number of halogens is 3. The first-order valence-corrected chi connectivity index (χ1v) is 16.7. The Kier molecular flexibility index (Phi) is 9.67. The summed E-state index contributed by atoms with van der Waals surface area (Å²) >= 11 is 2.14. The van der Waals surface area contributed by atoms with Crippen LogP contribution in [0, 0.1) is 13.5 Å². The summed E-state index contributed by atoms with van der Waals surface area (Å²) < 4.78 is 7.68. The van der Waals surface area contributed by atoms with Crippen molar-refractivity contribution in [2.75, 3.05) is 4.43 Å². The molecule has 0 saturated heterocycles. The summed E-state index contributed by atoms with van der Waals surface area (Å²) in [6.07, 6.45) is 1.00. The zero-order chi connectivity index (χ0) is 23.3. The molecule has 0 amide bonds. The molecule has 0 fully saturated rings. The average Bonchev–Trinajstić information content (AvgIpc) is 3.16. The summed E-state index contributed by atoms with van der Waals surface area (Å²) in [4.78, 5) is 0. The maximum atomic E-state index is 6.48. The molecule has 3 rings (SSSR count). The van der Waals surface area contributed by atoms with Gasteiger partial charge in [-0.1, -0.05) is 0 Å². The Morgan fingerprint density at radius 1 is 1.19 bits per heavy atom. The molecule has 0 aromatic heterocycles. The Morgan fingerprint density at radius 2 is 1.84 bits per heavy atom. The predicted molar refractivity (Wildman–Crippen MR) is 137 cm³/mol. The SMILES string of the molecule is [CH-]=C(NC1=C(CC)C(C)=N[I-]1)C(C)c1ccc(C([CH2-])(C)[I-]CC(I)c2ccccc2)cc1. The van der Waals surface area contributed by atoms with Crippen LogP contribution in [0.1, 0.15) is 60.6 Å². The maximum absolute atomic E-state index is 6.48. The van der Waals surface area contributed by atoms with Crippen molar-refractivity contribution in [2.24, 2.45) is 3.21 Å². The van der Waals surface area contributed by atoms with E-state index < -0.39 is 0 Å². The van der Waals surface area contributed by atoms with Crippen molar-refractivity contribution in [1.82, 2.24) is 5.32 Å². The van der Waals surface area contributed by atoms with E-state index in [9.17, 15) is 0 Å². The van der Waals surface area contributed by atoms with Crippen LogP contribution in [0.2, 0.25) is 0 Å². The Bertz CT molecular complexity index is 991. The minimum absolute atomic E-state index is 0.00362. The van der Waals surface area contributed by atoms with Crippen molar-refractivity contribution in [1.29, 1.82) is 0 Å². The molecule has 32 heavy (non-hydrogen) atoms. The number of rotatable bonds is 10. The van der Waals surface area contributed by atoms with Crippen LogP contribution < -0.4 is 48.0 Å². The van der Waals surface area contributed by atoms with E-state index in [-0.39, 0.29) is 52.0 Å². The molecule has 2 aromatic rings. The third-order valence-corrected chi connectivity index (χ3v) is 14.6. The van der Waals surface area contributed by atoms with Crippen molar-refractivity contribution >= 4 is 28.3 Å². The Labute approximate surface area is 228 Å². The molecule has 0 saturated carbocycles. The zero-order valence-electron chi connectivity index (χ0n) is 19.1. The van der Waals surface area contributed by atoms with Gasteiger partial charge in [0.15, 0.2) is 0 Å². The Hall–Kier alpha value is -0.420. The van der Waals surface area contributed by atoms with Crippen molar-refractivity contribution in [3.8, 4) is 0 Å². The number of hydrogen-bond acceptors (Lipinski definition) is 2. The normalized spacial score (nSPS) is 17.9. The van der Waals surface area contributed by atoms with Crippen molar-refractivity contribution in [2.45, 2.75) is 47.4 Å². The summed E-state index contributed by atoms with van der Waals surface area (Å²) in [6.45, 7) is 19.8. The molecule has 5 heteroatoms. The molecule has 1 N–H and O–H groups in total. The van der Waals surface area contributed by atoms with E-state index in [1.807, 2.05) is 0 Å². The number of benzene rings is 2. The molecule has 2 aromatic carbocycles. The topological polar surface area (TPSA) is 24.4 Å². The van der Waals surface area contributed by atoms with Crippen LogP contribution in [0.15, 0.2) is 72.8 Å². The predicted octanol–water partition coefficient (Wildman–Crippen LogP) is 1.11. The second-order valence-corrected chi connectivity index (χ2v) is 15.8. The molecule has 0 aliphatic carbocycles. The van der Waals surface area contributed by atoms with E-state index in [0.29, 0.717) is 3.92 Å². The van der Waals surface area contributed by atoms with Gasteiger partial charge in [-0.15, -0.1) is 0 Å². The molecule has 3 atom stereocenters. The number of alkyl halides is 3. The third kappa shape index (κ3) is 6.58. The number of allylic oxidation sites excluding steroid dienone is 2. The van der Waals surface area contributed by atoms with Gasteiger partial charge >= 0.3 is 231 Å². The monoisotopic (exact) mass is 764 g/mol. The number of nitrogens with zero attached hydrogens (tertiary/aromatic N) is 1. The number of hydrogen-bond donors (Lipinski definition) is 1. The van der Waals surface area contributed by atoms with Crippen LogP contribution >= 0.6 is 22.6 Å². The molecule has 174 valence electrons. The van der Waals surface area contributed by atoms with Gasteiger partial charge in [0, 0.05) is 0 Å². The molecule has 1 aliphatic heterocycles. The molecule has 1 heterocycles. The van der Waals surface area contributed by atoms with E-state index in [1.165, 1.54) is 36.1 Å². The summed E-state index contributed by atoms with van der Waals surface area (Å²) in [5.74, 6) is 0.141. The van der Waals surface area contributed by atoms with Gasteiger partial charge in [0.2, 0.25) is 0 Å². The fraction of sp³-hybridized carbons (Fsp3) is 0.333. The fourth-order valence-corrected chi connectivity index (χ4v) is 10.1. The Morgan fingerprint density at radius 3 is 2.47 bits per heavy atom. The van der Waals surface area contributed by atoms with Crippen LogP contribution in [-0.2, 0) is 3.42 Å². The van der Waals surface area contributed by atoms with Crippen LogP contribution in [0.5, 0.6) is 0 Å². The minimum atomic E-state index is -0.338. The quantitative estimate of drug-likeness (QED) is 0.167. The average molecular weight is 764 g/mol. The first-order chi connectivity index (χ1) is 15.2. The van der Waals surface area contributed by atoms with Gasteiger partial charge in [0.1, 0.15) is 0 Å². The molecule has 0 bridgehead atoms. The summed E-state index contributed by atoms with van der Waals surface area (Å²) in [6, 6.07) is 19.7. The van der Waals surface area contributed by atoms with Gasteiger partial charge in [0.25, 0.3) is 0 Å². The van der Waals surface area contributed by atoms with Gasteiger partial charge in [-0.05, 0) is 0 Å². The van der Waals surface area contributed by atoms with E-state index in [1.54, 1.807) is 0 Å². The molecular formula is C27H31I3N2-4. The van der Waals surface area contributed by atoms with E-state index >= 15 is 0 Å². The summed E-state index contributed by atoms with van der Waals surface area (Å²) in [5, 5.41) is 3.50. The van der Waals surface area contributed by atoms with Crippen LogP contribution in [0.4, 0.5) is 0 Å². The Balaban J connectivity index is 1.62. The molecular weight excluding hydrogens is 733 g/mol. The van der Waals surface area contributed by atoms with Crippen molar-refractivity contribution < 1.29 is 42.7 Å². The van der Waals surface area contributed by atoms with Gasteiger partial charge in [-0.25, -0.2) is 0 Å². The van der Waals surface area contributed by atoms with E-state index in [2.05, 4.69) is 120 Å². The molecule has 0 spiro atoms. The fourth-order valence-electron chi connectivity index (χ4n) is 3.47. The standard InChI is InChI=1S/C27H31I3N2/c1-7-24-20(4)32-30-26(24)31-19(3)18(2)21-13-15-23(16-14-21)27(5,6)29-17-25(28)22-11-9-8-10-12-22/h3,8-16,18,25,31H,5,7,17H2,1-2,4,6H3/q-4. The van der Waals surface area contributed by atoms with E-state index in [4.69, 9.17) is 6.58 Å². The first kappa shape index (κ1) is 26.2. The van der Waals surface area contributed by atoms with Gasteiger partial charge in [-0.2, -0.15) is 0 Å². The van der Waals surface area contributed by atoms with Gasteiger partial charge in [0.05, 0.1) is 0 Å². The second kappa shape index (κ2) is 11.8. The van der Waals surface area contributed by atoms with Crippen LogP contribution in [-0.4, -0.2) is 10.1 Å². The van der Waals surface area contributed by atoms with Gasteiger partial charge in [-0.3, -0.25) is 0 Å². The van der Waals surface area contributed by atoms with Crippen molar-refractivity contribution in [3.05, 3.63) is 99.8 Å². The summed E-state index contributed by atoms with van der Waals surface area (Å²) in [7, 11) is 0. The zero-order valence-corrected chi connectivity index (χ0v) is 25.6. The molecule has 2 nitrogen and oxygen atoms in total. The molecule has 1 aliphatic rings.